The number of benzene rings is 3. The summed E-state index contributed by atoms with van der Waals surface area (Å²) in [4.78, 5) is 30.0. The number of methoxy groups -OCH3 is 1. The summed E-state index contributed by atoms with van der Waals surface area (Å²) in [6.07, 6.45) is -4.33. The minimum Gasteiger partial charge on any atom is -0.493 e. The Morgan fingerprint density at radius 3 is 2.61 bits per heavy atom. The normalized spacial score (nSPS) is 12.5. The highest BCUT2D eigenvalue weighted by atomic mass is 79.9. The third kappa shape index (κ3) is 6.38. The van der Waals surface area contributed by atoms with Gasteiger partial charge in [-0.05, 0) is 60.1 Å². The number of ether oxygens (including phenoxy) is 3. The van der Waals surface area contributed by atoms with Crippen molar-refractivity contribution in [2.24, 2.45) is 5.10 Å². The number of fused-ring (bicyclic) bond motifs is 1. The zero-order chi connectivity index (χ0) is 29.9. The SMILES string of the molecule is CCOC(=O)[C@H](C)Oc1c(OC)cc(C=Nn2c(-c3cccc(C(F)(F)F)c3)nc3ccccc3c2=O)c(Br)c1Cl. The molecule has 4 rings (SSSR count). The molecule has 0 saturated carbocycles. The molecule has 3 aromatic carbocycles. The number of rotatable bonds is 8. The number of esters is 1. The fraction of sp³-hybridized carbons (Fsp3) is 0.214. The molecule has 0 unspecified atom stereocenters. The van der Waals surface area contributed by atoms with Gasteiger partial charge in [-0.2, -0.15) is 22.9 Å². The van der Waals surface area contributed by atoms with E-state index in [0.717, 1.165) is 16.8 Å². The van der Waals surface area contributed by atoms with Crippen molar-refractivity contribution in [3.8, 4) is 22.9 Å². The van der Waals surface area contributed by atoms with E-state index in [1.165, 1.54) is 38.4 Å². The number of alkyl halides is 3. The van der Waals surface area contributed by atoms with Gasteiger partial charge in [0.1, 0.15) is 5.02 Å². The quantitative estimate of drug-likeness (QED) is 0.155. The predicted molar refractivity (Wildman–Crippen MR) is 152 cm³/mol. The Morgan fingerprint density at radius 2 is 1.93 bits per heavy atom. The molecule has 0 aliphatic heterocycles. The fourth-order valence-electron chi connectivity index (χ4n) is 3.82. The molecule has 214 valence electrons. The number of carbonyl (C=O) groups is 1. The third-order valence-electron chi connectivity index (χ3n) is 5.80. The molecule has 0 radical (unpaired) electrons. The lowest BCUT2D eigenvalue weighted by atomic mass is 10.1. The van der Waals surface area contributed by atoms with Crippen molar-refractivity contribution in [1.82, 2.24) is 9.66 Å². The molecule has 0 spiro atoms. The molecule has 0 N–H and O–H groups in total. The van der Waals surface area contributed by atoms with E-state index in [9.17, 15) is 22.8 Å². The Hall–Kier alpha value is -3.90. The number of hydrogen-bond donors (Lipinski definition) is 0. The van der Waals surface area contributed by atoms with Crippen LogP contribution in [0.3, 0.4) is 0 Å². The summed E-state index contributed by atoms with van der Waals surface area (Å²) in [6, 6.07) is 12.4. The molecule has 1 heterocycles. The monoisotopic (exact) mass is 651 g/mol. The van der Waals surface area contributed by atoms with Crippen LogP contribution in [0.4, 0.5) is 13.2 Å². The molecule has 1 atom stereocenters. The van der Waals surface area contributed by atoms with Crippen molar-refractivity contribution in [1.29, 1.82) is 0 Å². The van der Waals surface area contributed by atoms with Crippen molar-refractivity contribution in [3.63, 3.8) is 0 Å². The van der Waals surface area contributed by atoms with Gasteiger partial charge < -0.3 is 14.2 Å². The van der Waals surface area contributed by atoms with Crippen molar-refractivity contribution in [3.05, 3.63) is 85.6 Å². The molecular formula is C28H22BrClF3N3O5. The van der Waals surface area contributed by atoms with Crippen LogP contribution in [0.2, 0.25) is 5.02 Å². The average molecular weight is 653 g/mol. The Labute approximate surface area is 245 Å². The van der Waals surface area contributed by atoms with Gasteiger partial charge >= 0.3 is 12.1 Å². The van der Waals surface area contributed by atoms with Crippen LogP contribution in [0.25, 0.3) is 22.3 Å². The second-order valence-corrected chi connectivity index (χ2v) is 9.70. The highest BCUT2D eigenvalue weighted by molar-refractivity contribution is 9.10. The second-order valence-electron chi connectivity index (χ2n) is 8.53. The standard InChI is InChI=1S/C28H22BrClF3N3O5/c1-4-40-27(38)15(2)41-24-21(39-3)13-17(22(29)23(24)30)14-34-36-25(16-8-7-9-18(12-16)28(31,32)33)35-20-11-6-5-10-19(20)26(36)37/h5-15H,4H2,1-3H3/t15-/m0/s1. The van der Waals surface area contributed by atoms with Crippen LogP contribution in [-0.4, -0.2) is 41.7 Å². The number of halogens is 5. The highest BCUT2D eigenvalue weighted by Gasteiger charge is 2.31. The predicted octanol–water partition coefficient (Wildman–Crippen LogP) is 6.72. The summed E-state index contributed by atoms with van der Waals surface area (Å²) in [5, 5.41) is 4.55. The fourth-order valence-corrected chi connectivity index (χ4v) is 4.46. The first-order valence-corrected chi connectivity index (χ1v) is 13.3. The van der Waals surface area contributed by atoms with Gasteiger partial charge in [0, 0.05) is 15.6 Å². The van der Waals surface area contributed by atoms with Crippen molar-refractivity contribution in [2.75, 3.05) is 13.7 Å². The van der Waals surface area contributed by atoms with Gasteiger partial charge in [-0.3, -0.25) is 4.79 Å². The maximum Gasteiger partial charge on any atom is 0.416 e. The number of carbonyl (C=O) groups excluding carboxylic acids is 1. The second kappa shape index (κ2) is 12.3. The van der Waals surface area contributed by atoms with Crippen LogP contribution in [0.5, 0.6) is 11.5 Å². The molecule has 8 nitrogen and oxygen atoms in total. The van der Waals surface area contributed by atoms with Gasteiger partial charge in [0.05, 0.1) is 36.4 Å². The van der Waals surface area contributed by atoms with E-state index in [4.69, 9.17) is 25.8 Å². The first-order chi connectivity index (χ1) is 19.5. The van der Waals surface area contributed by atoms with E-state index >= 15 is 0 Å². The van der Waals surface area contributed by atoms with Gasteiger partial charge in [0.2, 0.25) is 0 Å². The Balaban J connectivity index is 1.84. The van der Waals surface area contributed by atoms with Crippen molar-refractivity contribution < 1.29 is 32.2 Å². The van der Waals surface area contributed by atoms with Gasteiger partial charge in [-0.15, -0.1) is 0 Å². The highest BCUT2D eigenvalue weighted by Crippen LogP contribution is 2.42. The number of nitrogens with zero attached hydrogens (tertiary/aromatic N) is 3. The van der Waals surface area contributed by atoms with Gasteiger partial charge in [-0.1, -0.05) is 35.9 Å². The van der Waals surface area contributed by atoms with E-state index in [-0.39, 0.29) is 44.4 Å². The van der Waals surface area contributed by atoms with E-state index in [2.05, 4.69) is 26.0 Å². The summed E-state index contributed by atoms with van der Waals surface area (Å²) in [5.41, 5.74) is -0.847. The van der Waals surface area contributed by atoms with Crippen molar-refractivity contribution in [2.45, 2.75) is 26.1 Å². The molecule has 4 aromatic rings. The lowest BCUT2D eigenvalue weighted by molar-refractivity contribution is -0.150. The molecule has 0 aliphatic carbocycles. The maximum absolute atomic E-state index is 13.5. The molecule has 41 heavy (non-hydrogen) atoms. The number of aromatic nitrogens is 2. The maximum atomic E-state index is 13.5. The van der Waals surface area contributed by atoms with Gasteiger partial charge in [-0.25, -0.2) is 9.78 Å². The van der Waals surface area contributed by atoms with Crippen LogP contribution in [0, 0.1) is 0 Å². The molecule has 0 amide bonds. The summed E-state index contributed by atoms with van der Waals surface area (Å²) in [6.45, 7) is 3.32. The van der Waals surface area contributed by atoms with E-state index in [1.807, 2.05) is 0 Å². The van der Waals surface area contributed by atoms with E-state index < -0.39 is 29.4 Å². The summed E-state index contributed by atoms with van der Waals surface area (Å²) in [7, 11) is 1.37. The molecule has 0 fully saturated rings. The third-order valence-corrected chi connectivity index (χ3v) is 7.25. The largest absolute Gasteiger partial charge is 0.493 e. The van der Waals surface area contributed by atoms with E-state index in [1.54, 1.807) is 31.2 Å². The first-order valence-electron chi connectivity index (χ1n) is 12.1. The Morgan fingerprint density at radius 1 is 1.20 bits per heavy atom. The summed E-state index contributed by atoms with van der Waals surface area (Å²) < 4.78 is 57.6. The number of hydrogen-bond acceptors (Lipinski definition) is 7. The minimum absolute atomic E-state index is 0.0335. The zero-order valence-corrected chi connectivity index (χ0v) is 24.2. The first kappa shape index (κ1) is 30.1. The summed E-state index contributed by atoms with van der Waals surface area (Å²) >= 11 is 9.91. The molecule has 13 heteroatoms. The van der Waals surface area contributed by atoms with Crippen LogP contribution in [-0.2, 0) is 15.7 Å². The molecule has 0 saturated heterocycles. The van der Waals surface area contributed by atoms with Crippen molar-refractivity contribution >= 4 is 50.6 Å². The van der Waals surface area contributed by atoms with Gasteiger partial charge in [0.25, 0.3) is 5.56 Å². The van der Waals surface area contributed by atoms with Gasteiger partial charge in [0.15, 0.2) is 23.4 Å². The topological polar surface area (TPSA) is 92.0 Å². The number of para-hydroxylation sites is 1. The van der Waals surface area contributed by atoms with Crippen LogP contribution in [0.1, 0.15) is 25.0 Å². The lowest BCUT2D eigenvalue weighted by Crippen LogP contribution is -2.26. The average Bonchev–Trinajstić information content (AvgIpc) is 2.95. The molecule has 0 aliphatic rings. The Kier molecular flexibility index (Phi) is 9.03. The lowest BCUT2D eigenvalue weighted by Gasteiger charge is -2.18. The van der Waals surface area contributed by atoms with Crippen LogP contribution >= 0.6 is 27.5 Å². The van der Waals surface area contributed by atoms with Crippen LogP contribution < -0.4 is 15.0 Å². The molecule has 1 aromatic heterocycles. The smallest absolute Gasteiger partial charge is 0.416 e. The Bertz CT molecular complexity index is 1710. The van der Waals surface area contributed by atoms with E-state index in [0.29, 0.717) is 11.1 Å². The molecule has 0 bridgehead atoms. The zero-order valence-electron chi connectivity index (χ0n) is 21.8. The van der Waals surface area contributed by atoms with Crippen LogP contribution in [0.15, 0.2) is 69.0 Å². The molecular weight excluding hydrogens is 631 g/mol. The summed E-state index contributed by atoms with van der Waals surface area (Å²) in [5.74, 6) is -0.489. The minimum atomic E-state index is -4.60.